The summed E-state index contributed by atoms with van der Waals surface area (Å²) in [5.74, 6) is -0.375. The van der Waals surface area contributed by atoms with Gasteiger partial charge in [-0.15, -0.1) is 11.6 Å². The summed E-state index contributed by atoms with van der Waals surface area (Å²) in [5.41, 5.74) is 1.53. The van der Waals surface area contributed by atoms with E-state index in [4.69, 9.17) is 23.2 Å². The summed E-state index contributed by atoms with van der Waals surface area (Å²) >= 11 is 11.7. The Hall–Kier alpha value is -0.730. The van der Waals surface area contributed by atoms with Crippen LogP contribution in [0.5, 0.6) is 5.75 Å². The molecule has 0 saturated carbocycles. The van der Waals surface area contributed by atoms with E-state index in [1.54, 1.807) is 20.8 Å². The topological polar surface area (TPSA) is 37.3 Å². The van der Waals surface area contributed by atoms with Crippen molar-refractivity contribution in [2.45, 2.75) is 26.1 Å². The fourth-order valence-corrected chi connectivity index (χ4v) is 1.71. The first-order chi connectivity index (χ1) is 6.86. The Labute approximate surface area is 98.8 Å². The van der Waals surface area contributed by atoms with E-state index in [0.29, 0.717) is 10.6 Å². The number of halogens is 2. The third-order valence-electron chi connectivity index (χ3n) is 2.27. The molecule has 2 nitrogen and oxygen atoms in total. The van der Waals surface area contributed by atoms with Crippen LogP contribution in [-0.4, -0.2) is 16.3 Å². The van der Waals surface area contributed by atoms with E-state index in [9.17, 15) is 9.90 Å². The second kappa shape index (κ2) is 4.42. The van der Waals surface area contributed by atoms with Crippen LogP contribution in [0.15, 0.2) is 6.07 Å². The van der Waals surface area contributed by atoms with Crippen LogP contribution in [0.25, 0.3) is 0 Å². The number of phenols is 1. The zero-order valence-corrected chi connectivity index (χ0v) is 10.3. The van der Waals surface area contributed by atoms with Crippen LogP contribution in [-0.2, 0) is 0 Å². The Kier molecular flexibility index (Phi) is 3.63. The first kappa shape index (κ1) is 12.3. The normalized spacial score (nSPS) is 12.6. The molecule has 1 rings (SSSR count). The van der Waals surface area contributed by atoms with Crippen LogP contribution in [0.1, 0.15) is 28.4 Å². The van der Waals surface area contributed by atoms with Crippen LogP contribution in [0.3, 0.4) is 0 Å². The number of Topliss-reactive ketones (excluding diaryl/α,β-unsaturated/α-hetero) is 1. The Morgan fingerprint density at radius 1 is 1.47 bits per heavy atom. The standard InChI is InChI=1S/C11H12Cl2O2/c1-5-4-8(14)9(6(2)10(5)13)11(15)7(3)12/h4,7,14H,1-3H3. The number of phenolic OH excluding ortho intramolecular Hbond substituents is 1. The van der Waals surface area contributed by atoms with Gasteiger partial charge >= 0.3 is 0 Å². The number of carbonyl (C=O) groups is 1. The Bertz CT molecular complexity index is 412. The van der Waals surface area contributed by atoms with Crippen molar-refractivity contribution in [3.63, 3.8) is 0 Å². The van der Waals surface area contributed by atoms with Gasteiger partial charge in [0.2, 0.25) is 0 Å². The minimum absolute atomic E-state index is 0.0631. The number of hydrogen-bond acceptors (Lipinski definition) is 2. The lowest BCUT2D eigenvalue weighted by molar-refractivity contribution is 0.0988. The van der Waals surface area contributed by atoms with Crippen LogP contribution in [0.4, 0.5) is 0 Å². The average Bonchev–Trinajstić information content (AvgIpc) is 2.14. The van der Waals surface area contributed by atoms with Crippen molar-refractivity contribution >= 4 is 29.0 Å². The smallest absolute Gasteiger partial charge is 0.184 e. The van der Waals surface area contributed by atoms with E-state index < -0.39 is 5.38 Å². The second-order valence-electron chi connectivity index (χ2n) is 3.51. The molecule has 0 aliphatic heterocycles. The molecule has 0 heterocycles. The maximum Gasteiger partial charge on any atom is 0.184 e. The molecule has 0 aromatic heterocycles. The van der Waals surface area contributed by atoms with Gasteiger partial charge in [-0.2, -0.15) is 0 Å². The average molecular weight is 247 g/mol. The van der Waals surface area contributed by atoms with E-state index >= 15 is 0 Å². The third-order valence-corrected chi connectivity index (χ3v) is 3.05. The number of alkyl halides is 1. The van der Waals surface area contributed by atoms with Gasteiger partial charge in [-0.25, -0.2) is 0 Å². The molecule has 4 heteroatoms. The molecule has 1 unspecified atom stereocenters. The molecule has 0 aliphatic carbocycles. The molecule has 0 bridgehead atoms. The SMILES string of the molecule is Cc1cc(O)c(C(=O)C(C)Cl)c(C)c1Cl. The maximum absolute atomic E-state index is 11.7. The van der Waals surface area contributed by atoms with Gasteiger partial charge in [-0.05, 0) is 38.0 Å². The maximum atomic E-state index is 11.7. The molecule has 0 amide bonds. The zero-order chi connectivity index (χ0) is 11.7. The number of hydrogen-bond donors (Lipinski definition) is 1. The quantitative estimate of drug-likeness (QED) is 0.641. The molecule has 1 aromatic rings. The predicted molar refractivity (Wildman–Crippen MR) is 62.2 cm³/mol. The van der Waals surface area contributed by atoms with E-state index in [1.807, 2.05) is 0 Å². The fourth-order valence-electron chi connectivity index (χ4n) is 1.45. The van der Waals surface area contributed by atoms with Crippen molar-refractivity contribution in [1.82, 2.24) is 0 Å². The van der Waals surface area contributed by atoms with Crippen molar-refractivity contribution in [2.75, 3.05) is 0 Å². The molecule has 0 radical (unpaired) electrons. The van der Waals surface area contributed by atoms with Crippen molar-refractivity contribution in [2.24, 2.45) is 0 Å². The summed E-state index contributed by atoms with van der Waals surface area (Å²) in [6.45, 7) is 5.03. The molecule has 1 aromatic carbocycles. The molecular formula is C11H12Cl2O2. The van der Waals surface area contributed by atoms with Gasteiger partial charge in [0, 0.05) is 5.02 Å². The summed E-state index contributed by atoms with van der Waals surface area (Å²) in [6.07, 6.45) is 0. The second-order valence-corrected chi connectivity index (χ2v) is 4.54. The number of rotatable bonds is 2. The molecule has 1 N–H and O–H groups in total. The van der Waals surface area contributed by atoms with Crippen LogP contribution in [0, 0.1) is 13.8 Å². The lowest BCUT2D eigenvalue weighted by Gasteiger charge is -2.12. The molecular weight excluding hydrogens is 235 g/mol. The van der Waals surface area contributed by atoms with Gasteiger partial charge in [0.1, 0.15) is 5.75 Å². The van der Waals surface area contributed by atoms with Crippen LogP contribution < -0.4 is 0 Å². The molecule has 82 valence electrons. The van der Waals surface area contributed by atoms with E-state index in [2.05, 4.69) is 0 Å². The molecule has 1 atom stereocenters. The summed E-state index contributed by atoms with van der Waals surface area (Å²) in [6, 6.07) is 1.47. The van der Waals surface area contributed by atoms with Crippen molar-refractivity contribution in [3.8, 4) is 5.75 Å². The summed E-state index contributed by atoms with van der Waals surface area (Å²) in [4.78, 5) is 11.7. The van der Waals surface area contributed by atoms with E-state index in [0.717, 1.165) is 5.56 Å². The van der Waals surface area contributed by atoms with Gasteiger partial charge < -0.3 is 5.11 Å². The molecule has 0 saturated heterocycles. The lowest BCUT2D eigenvalue weighted by atomic mass is 9.99. The Morgan fingerprint density at radius 2 is 2.00 bits per heavy atom. The number of aromatic hydroxyl groups is 1. The molecule has 15 heavy (non-hydrogen) atoms. The number of benzene rings is 1. The Balaban J connectivity index is 3.43. The number of ketones is 1. The monoisotopic (exact) mass is 246 g/mol. The van der Waals surface area contributed by atoms with Crippen molar-refractivity contribution in [1.29, 1.82) is 0 Å². The molecule has 0 spiro atoms. The molecule has 0 aliphatic rings. The van der Waals surface area contributed by atoms with E-state index in [1.165, 1.54) is 6.07 Å². The van der Waals surface area contributed by atoms with Gasteiger partial charge in [0.15, 0.2) is 5.78 Å². The molecule has 0 fully saturated rings. The highest BCUT2D eigenvalue weighted by Crippen LogP contribution is 2.32. The number of carbonyl (C=O) groups excluding carboxylic acids is 1. The van der Waals surface area contributed by atoms with Gasteiger partial charge in [0.05, 0.1) is 10.9 Å². The fraction of sp³-hybridized carbons (Fsp3) is 0.364. The predicted octanol–water partition coefficient (Wildman–Crippen LogP) is 3.47. The highest BCUT2D eigenvalue weighted by Gasteiger charge is 2.21. The summed E-state index contributed by atoms with van der Waals surface area (Å²) < 4.78 is 0. The van der Waals surface area contributed by atoms with E-state index in [-0.39, 0.29) is 17.1 Å². The lowest BCUT2D eigenvalue weighted by Crippen LogP contribution is -2.13. The summed E-state index contributed by atoms with van der Waals surface area (Å²) in [7, 11) is 0. The van der Waals surface area contributed by atoms with Gasteiger partial charge in [-0.3, -0.25) is 4.79 Å². The number of aryl methyl sites for hydroxylation is 1. The van der Waals surface area contributed by atoms with Crippen LogP contribution in [0.2, 0.25) is 5.02 Å². The first-order valence-electron chi connectivity index (χ1n) is 4.53. The van der Waals surface area contributed by atoms with Crippen molar-refractivity contribution in [3.05, 3.63) is 27.8 Å². The largest absolute Gasteiger partial charge is 0.507 e. The minimum Gasteiger partial charge on any atom is -0.507 e. The zero-order valence-electron chi connectivity index (χ0n) is 8.77. The Morgan fingerprint density at radius 3 is 2.47 bits per heavy atom. The highest BCUT2D eigenvalue weighted by atomic mass is 35.5. The first-order valence-corrected chi connectivity index (χ1v) is 5.34. The minimum atomic E-state index is -0.673. The van der Waals surface area contributed by atoms with Gasteiger partial charge in [0.25, 0.3) is 0 Å². The van der Waals surface area contributed by atoms with Crippen molar-refractivity contribution < 1.29 is 9.90 Å². The highest BCUT2D eigenvalue weighted by molar-refractivity contribution is 6.36. The van der Waals surface area contributed by atoms with Crippen LogP contribution >= 0.6 is 23.2 Å². The third kappa shape index (κ3) is 2.27. The van der Waals surface area contributed by atoms with Gasteiger partial charge in [-0.1, -0.05) is 11.6 Å². The summed E-state index contributed by atoms with van der Waals surface area (Å²) in [5, 5.41) is 9.50.